The molecule has 0 fully saturated rings. The van der Waals surface area contributed by atoms with E-state index in [1.54, 1.807) is 43.0 Å². The zero-order chi connectivity index (χ0) is 21.1. The summed E-state index contributed by atoms with van der Waals surface area (Å²) >= 11 is 0. The van der Waals surface area contributed by atoms with Gasteiger partial charge in [0.2, 0.25) is 11.9 Å². The topological polar surface area (TPSA) is 91.0 Å². The average molecular weight is 395 g/mol. The van der Waals surface area contributed by atoms with Crippen molar-refractivity contribution in [3.8, 4) is 11.7 Å². The van der Waals surface area contributed by atoms with E-state index in [2.05, 4.69) is 15.4 Å². The Kier molecular flexibility index (Phi) is 5.81. The van der Waals surface area contributed by atoms with Crippen LogP contribution in [0.5, 0.6) is 5.75 Å². The second-order valence-electron chi connectivity index (χ2n) is 6.84. The molecule has 8 nitrogen and oxygen atoms in total. The molecule has 0 spiro atoms. The van der Waals surface area contributed by atoms with E-state index in [1.807, 2.05) is 26.8 Å². The number of nitrogens with zero attached hydrogens (tertiary/aromatic N) is 4. The number of rotatable bonds is 6. The highest BCUT2D eigenvalue weighted by Gasteiger charge is 2.19. The van der Waals surface area contributed by atoms with Gasteiger partial charge in [-0.2, -0.15) is 5.10 Å². The van der Waals surface area contributed by atoms with E-state index in [4.69, 9.17) is 4.74 Å². The largest absolute Gasteiger partial charge is 0.497 e. The van der Waals surface area contributed by atoms with E-state index < -0.39 is 0 Å². The number of aryl methyl sites for hydroxylation is 3. The second kappa shape index (κ2) is 8.30. The summed E-state index contributed by atoms with van der Waals surface area (Å²) in [6.45, 7) is 7.29. The number of carbonyl (C=O) groups excluding carboxylic acids is 1. The minimum Gasteiger partial charge on any atom is -0.497 e. The smallest absolute Gasteiger partial charge is 0.258 e. The molecule has 0 bridgehead atoms. The number of methoxy groups -OCH3 is 1. The van der Waals surface area contributed by atoms with Gasteiger partial charge in [0.05, 0.1) is 18.5 Å². The first-order valence-corrected chi connectivity index (χ1v) is 9.42. The summed E-state index contributed by atoms with van der Waals surface area (Å²) in [6, 6.07) is 8.90. The van der Waals surface area contributed by atoms with Crippen LogP contribution in [0, 0.1) is 20.8 Å². The van der Waals surface area contributed by atoms with Crippen molar-refractivity contribution >= 4 is 11.6 Å². The van der Waals surface area contributed by atoms with Gasteiger partial charge in [-0.3, -0.25) is 14.2 Å². The van der Waals surface area contributed by atoms with E-state index in [1.165, 1.54) is 4.57 Å². The maximum absolute atomic E-state index is 13.1. The molecule has 152 valence electrons. The van der Waals surface area contributed by atoms with E-state index in [0.717, 1.165) is 11.4 Å². The molecule has 3 rings (SSSR count). The van der Waals surface area contributed by atoms with Gasteiger partial charge in [-0.1, -0.05) is 6.92 Å². The SMILES string of the molecule is CCc1c(C)nc(-n2nc(C)cc2C)n(CC(=O)Nc2ccc(OC)cc2)c1=O. The number of nitrogens with one attached hydrogen (secondary N) is 1. The normalized spacial score (nSPS) is 10.8. The first-order chi connectivity index (χ1) is 13.8. The Morgan fingerprint density at radius 1 is 1.17 bits per heavy atom. The van der Waals surface area contributed by atoms with Crippen molar-refractivity contribution in [3.05, 3.63) is 63.3 Å². The van der Waals surface area contributed by atoms with Crippen molar-refractivity contribution < 1.29 is 9.53 Å². The van der Waals surface area contributed by atoms with Crippen LogP contribution in [0.3, 0.4) is 0 Å². The number of carbonyl (C=O) groups is 1. The predicted octanol–water partition coefficient (Wildman–Crippen LogP) is 2.56. The Balaban J connectivity index is 1.99. The van der Waals surface area contributed by atoms with Crippen molar-refractivity contribution in [2.45, 2.75) is 40.7 Å². The van der Waals surface area contributed by atoms with Crippen LogP contribution in [0.2, 0.25) is 0 Å². The predicted molar refractivity (Wildman–Crippen MR) is 111 cm³/mol. The molecule has 0 saturated carbocycles. The van der Waals surface area contributed by atoms with Crippen molar-refractivity contribution in [1.29, 1.82) is 0 Å². The van der Waals surface area contributed by atoms with E-state index in [-0.39, 0.29) is 18.0 Å². The molecule has 0 aliphatic rings. The molecule has 1 N–H and O–H groups in total. The van der Waals surface area contributed by atoms with Crippen LogP contribution in [-0.2, 0) is 17.8 Å². The van der Waals surface area contributed by atoms with Gasteiger partial charge in [-0.25, -0.2) is 9.67 Å². The maximum Gasteiger partial charge on any atom is 0.258 e. The highest BCUT2D eigenvalue weighted by Crippen LogP contribution is 2.16. The van der Waals surface area contributed by atoms with Crippen molar-refractivity contribution in [2.24, 2.45) is 0 Å². The lowest BCUT2D eigenvalue weighted by atomic mass is 10.2. The minimum absolute atomic E-state index is 0.168. The Morgan fingerprint density at radius 2 is 1.86 bits per heavy atom. The fraction of sp³-hybridized carbons (Fsp3) is 0.333. The van der Waals surface area contributed by atoms with Crippen molar-refractivity contribution in [3.63, 3.8) is 0 Å². The molecule has 0 saturated heterocycles. The fourth-order valence-corrected chi connectivity index (χ4v) is 3.25. The van der Waals surface area contributed by atoms with E-state index in [0.29, 0.717) is 35.1 Å². The molecule has 2 aromatic heterocycles. The fourth-order valence-electron chi connectivity index (χ4n) is 3.25. The van der Waals surface area contributed by atoms with E-state index in [9.17, 15) is 9.59 Å². The second-order valence-corrected chi connectivity index (χ2v) is 6.84. The lowest BCUT2D eigenvalue weighted by Gasteiger charge is -2.16. The number of ether oxygens (including phenoxy) is 1. The molecule has 2 heterocycles. The van der Waals surface area contributed by atoms with Gasteiger partial charge in [-0.15, -0.1) is 0 Å². The molecule has 0 aliphatic heterocycles. The quantitative estimate of drug-likeness (QED) is 0.693. The standard InChI is InChI=1S/C21H25N5O3/c1-6-18-15(4)22-21(26-14(3)11-13(2)24-26)25(20(18)28)12-19(27)23-16-7-9-17(29-5)10-8-16/h7-11H,6,12H2,1-5H3,(H,23,27). The summed E-state index contributed by atoms with van der Waals surface area (Å²) in [6.07, 6.45) is 0.537. The molecule has 0 unspecified atom stereocenters. The van der Waals surface area contributed by atoms with Crippen molar-refractivity contribution in [2.75, 3.05) is 12.4 Å². The molecule has 8 heteroatoms. The van der Waals surface area contributed by atoms with Gasteiger partial charge in [0.15, 0.2) is 0 Å². The number of benzene rings is 1. The molecule has 1 aromatic carbocycles. The van der Waals surface area contributed by atoms with Gasteiger partial charge in [0.1, 0.15) is 12.3 Å². The van der Waals surface area contributed by atoms with Crippen molar-refractivity contribution in [1.82, 2.24) is 19.3 Å². The number of amides is 1. The monoisotopic (exact) mass is 395 g/mol. The van der Waals surface area contributed by atoms with Gasteiger partial charge in [-0.05, 0) is 57.5 Å². The molecule has 0 atom stereocenters. The lowest BCUT2D eigenvalue weighted by molar-refractivity contribution is -0.116. The molecule has 0 aliphatic carbocycles. The zero-order valence-electron chi connectivity index (χ0n) is 17.3. The highest BCUT2D eigenvalue weighted by atomic mass is 16.5. The summed E-state index contributed by atoms with van der Waals surface area (Å²) in [4.78, 5) is 30.4. The van der Waals surface area contributed by atoms with Crippen LogP contribution in [0.25, 0.3) is 5.95 Å². The molecular weight excluding hydrogens is 370 g/mol. The number of hydrogen-bond acceptors (Lipinski definition) is 5. The van der Waals surface area contributed by atoms with Gasteiger partial charge in [0, 0.05) is 16.9 Å². The zero-order valence-corrected chi connectivity index (χ0v) is 17.3. The molecule has 29 heavy (non-hydrogen) atoms. The Bertz CT molecular complexity index is 1100. The number of anilines is 1. The molecule has 0 radical (unpaired) electrons. The van der Waals surface area contributed by atoms with Gasteiger partial charge < -0.3 is 10.1 Å². The molecular formula is C21H25N5O3. The third-order valence-corrected chi connectivity index (χ3v) is 4.68. The Morgan fingerprint density at radius 3 is 2.41 bits per heavy atom. The first-order valence-electron chi connectivity index (χ1n) is 9.42. The summed E-state index contributed by atoms with van der Waals surface area (Å²) in [5, 5.41) is 7.25. The number of aromatic nitrogens is 4. The molecule has 3 aromatic rings. The third-order valence-electron chi connectivity index (χ3n) is 4.68. The van der Waals surface area contributed by atoms with Crippen LogP contribution < -0.4 is 15.6 Å². The lowest BCUT2D eigenvalue weighted by Crippen LogP contribution is -2.34. The summed E-state index contributed by atoms with van der Waals surface area (Å²) < 4.78 is 8.10. The van der Waals surface area contributed by atoms with Crippen LogP contribution >= 0.6 is 0 Å². The van der Waals surface area contributed by atoms with Crippen LogP contribution in [-0.4, -0.2) is 32.3 Å². The maximum atomic E-state index is 13.1. The van der Waals surface area contributed by atoms with Crippen LogP contribution in [0.15, 0.2) is 35.1 Å². The molecule has 1 amide bonds. The first kappa shape index (κ1) is 20.3. The van der Waals surface area contributed by atoms with Crippen LogP contribution in [0.1, 0.15) is 29.6 Å². The summed E-state index contributed by atoms with van der Waals surface area (Å²) in [7, 11) is 1.58. The minimum atomic E-state index is -0.326. The van der Waals surface area contributed by atoms with E-state index >= 15 is 0 Å². The third kappa shape index (κ3) is 4.21. The Hall–Kier alpha value is -3.42. The Labute approximate surface area is 169 Å². The van der Waals surface area contributed by atoms with Gasteiger partial charge in [0.25, 0.3) is 5.56 Å². The van der Waals surface area contributed by atoms with Crippen LogP contribution in [0.4, 0.5) is 5.69 Å². The summed E-state index contributed by atoms with van der Waals surface area (Å²) in [5.41, 5.74) is 3.27. The summed E-state index contributed by atoms with van der Waals surface area (Å²) in [5.74, 6) is 0.703. The average Bonchev–Trinajstić information content (AvgIpc) is 3.02. The highest BCUT2D eigenvalue weighted by molar-refractivity contribution is 5.90. The van der Waals surface area contributed by atoms with Gasteiger partial charge >= 0.3 is 0 Å². The number of hydrogen-bond donors (Lipinski definition) is 1.